The van der Waals surface area contributed by atoms with Crippen molar-refractivity contribution in [2.24, 2.45) is 0 Å². The smallest absolute Gasteiger partial charge is 0.335 e. The van der Waals surface area contributed by atoms with Crippen LogP contribution in [0.3, 0.4) is 0 Å². The summed E-state index contributed by atoms with van der Waals surface area (Å²) in [5, 5.41) is 20.7. The number of carboxylic acids is 1. The van der Waals surface area contributed by atoms with Crippen molar-refractivity contribution >= 4 is 21.7 Å². The summed E-state index contributed by atoms with van der Waals surface area (Å²) in [5.41, 5.74) is 0.277. The van der Waals surface area contributed by atoms with Crippen molar-refractivity contribution in [2.75, 3.05) is 18.5 Å². The fraction of sp³-hybridized carbons (Fsp3) is 0.417. The lowest BCUT2D eigenvalue weighted by molar-refractivity contribution is 0.0696. The van der Waals surface area contributed by atoms with Crippen LogP contribution in [0.25, 0.3) is 0 Å². The number of aliphatic hydroxyl groups excluding tert-OH is 1. The van der Waals surface area contributed by atoms with Crippen LogP contribution in [0.4, 0.5) is 5.69 Å². The molecule has 4 N–H and O–H groups in total. The first-order chi connectivity index (χ1) is 9.44. The van der Waals surface area contributed by atoms with Crippen molar-refractivity contribution in [3.8, 4) is 0 Å². The minimum absolute atomic E-state index is 0.101. The van der Waals surface area contributed by atoms with E-state index >= 15 is 0 Å². The summed E-state index contributed by atoms with van der Waals surface area (Å²) in [6.45, 7) is -0.453. The van der Waals surface area contributed by atoms with Gasteiger partial charge in [-0.1, -0.05) is 0 Å². The Morgan fingerprint density at radius 1 is 1.35 bits per heavy atom. The Morgan fingerprint density at radius 2 is 2.05 bits per heavy atom. The highest BCUT2D eigenvalue weighted by Crippen LogP contribution is 2.29. The molecule has 20 heavy (non-hydrogen) atoms. The van der Waals surface area contributed by atoms with Gasteiger partial charge in [0.15, 0.2) is 0 Å². The van der Waals surface area contributed by atoms with Gasteiger partial charge in [-0.25, -0.2) is 17.9 Å². The highest BCUT2D eigenvalue weighted by molar-refractivity contribution is 7.89. The first-order valence-electron chi connectivity index (χ1n) is 6.18. The normalized spacial score (nSPS) is 15.1. The number of aliphatic hydroxyl groups is 1. The molecule has 0 saturated heterocycles. The lowest BCUT2D eigenvalue weighted by Crippen LogP contribution is -2.27. The minimum atomic E-state index is -3.86. The van der Waals surface area contributed by atoms with E-state index in [1.807, 2.05) is 0 Å². The third-order valence-corrected chi connectivity index (χ3v) is 4.36. The maximum atomic E-state index is 12.1. The van der Waals surface area contributed by atoms with E-state index in [2.05, 4.69) is 10.0 Å². The lowest BCUT2D eigenvalue weighted by Gasteiger charge is -2.13. The summed E-state index contributed by atoms with van der Waals surface area (Å²) in [4.78, 5) is 10.9. The molecule has 0 spiro atoms. The van der Waals surface area contributed by atoms with E-state index in [1.165, 1.54) is 12.1 Å². The molecule has 0 aliphatic heterocycles. The van der Waals surface area contributed by atoms with Gasteiger partial charge in [-0.2, -0.15) is 0 Å². The number of sulfonamides is 1. The van der Waals surface area contributed by atoms with E-state index in [0.717, 1.165) is 18.9 Å². The van der Waals surface area contributed by atoms with Crippen LogP contribution in [0.15, 0.2) is 23.1 Å². The van der Waals surface area contributed by atoms with Gasteiger partial charge in [0.05, 0.1) is 17.9 Å². The molecule has 1 aliphatic rings. The van der Waals surface area contributed by atoms with Crippen molar-refractivity contribution in [3.05, 3.63) is 23.8 Å². The Labute approximate surface area is 116 Å². The summed E-state index contributed by atoms with van der Waals surface area (Å²) >= 11 is 0. The van der Waals surface area contributed by atoms with Crippen LogP contribution in [-0.2, 0) is 10.0 Å². The fourth-order valence-corrected chi connectivity index (χ4v) is 2.92. The Morgan fingerprint density at radius 3 is 2.60 bits per heavy atom. The quantitative estimate of drug-likeness (QED) is 0.573. The average molecular weight is 300 g/mol. The summed E-state index contributed by atoms with van der Waals surface area (Å²) in [5.74, 6) is -1.19. The van der Waals surface area contributed by atoms with Crippen LogP contribution in [-0.4, -0.2) is 43.8 Å². The zero-order valence-electron chi connectivity index (χ0n) is 10.7. The highest BCUT2D eigenvalue weighted by atomic mass is 32.2. The molecule has 0 heterocycles. The summed E-state index contributed by atoms with van der Waals surface area (Å²) in [6, 6.07) is 4.16. The van der Waals surface area contributed by atoms with E-state index in [9.17, 15) is 13.2 Å². The number of hydrogen-bond acceptors (Lipinski definition) is 5. The van der Waals surface area contributed by atoms with E-state index < -0.39 is 16.0 Å². The van der Waals surface area contributed by atoms with Crippen molar-refractivity contribution in [2.45, 2.75) is 23.8 Å². The molecule has 0 atom stereocenters. The number of aromatic carboxylic acids is 1. The SMILES string of the molecule is O=C(O)c1ccc(NC2CC2)c(S(=O)(=O)NCCO)c1. The molecule has 0 unspecified atom stereocenters. The van der Waals surface area contributed by atoms with E-state index in [-0.39, 0.29) is 29.7 Å². The number of carboxylic acid groups (broad SMARTS) is 1. The molecule has 110 valence electrons. The Kier molecular flexibility index (Phi) is 4.26. The predicted molar refractivity (Wildman–Crippen MR) is 72.3 cm³/mol. The summed E-state index contributed by atoms with van der Waals surface area (Å²) in [6.07, 6.45) is 1.93. The molecule has 0 aromatic heterocycles. The van der Waals surface area contributed by atoms with Crippen molar-refractivity contribution < 1.29 is 23.4 Å². The van der Waals surface area contributed by atoms with Gasteiger partial charge in [0.25, 0.3) is 0 Å². The molecule has 1 fully saturated rings. The lowest BCUT2D eigenvalue weighted by atomic mass is 10.2. The second-order valence-electron chi connectivity index (χ2n) is 4.56. The highest BCUT2D eigenvalue weighted by Gasteiger charge is 2.26. The van der Waals surface area contributed by atoms with E-state index in [0.29, 0.717) is 5.69 Å². The van der Waals surface area contributed by atoms with E-state index in [4.69, 9.17) is 10.2 Å². The molecule has 2 rings (SSSR count). The Bertz CT molecular complexity index is 610. The molecule has 7 nitrogen and oxygen atoms in total. The van der Waals surface area contributed by atoms with Crippen molar-refractivity contribution in [1.82, 2.24) is 4.72 Å². The maximum absolute atomic E-state index is 12.1. The van der Waals surface area contributed by atoms with Crippen LogP contribution in [0, 0.1) is 0 Å². The molecule has 1 aromatic carbocycles. The summed E-state index contributed by atoms with van der Waals surface area (Å²) in [7, 11) is -3.86. The molecular formula is C12H16N2O5S. The molecule has 0 radical (unpaired) electrons. The Hall–Kier alpha value is -1.64. The van der Waals surface area contributed by atoms with E-state index in [1.54, 1.807) is 0 Å². The number of hydrogen-bond donors (Lipinski definition) is 4. The molecule has 1 saturated carbocycles. The Balaban J connectivity index is 2.39. The molecular weight excluding hydrogens is 284 g/mol. The van der Waals surface area contributed by atoms with Gasteiger partial charge < -0.3 is 15.5 Å². The molecule has 0 amide bonds. The number of anilines is 1. The second-order valence-corrected chi connectivity index (χ2v) is 6.29. The van der Waals surface area contributed by atoms with Gasteiger partial charge in [0.1, 0.15) is 4.90 Å². The van der Waals surface area contributed by atoms with Gasteiger partial charge in [-0.15, -0.1) is 0 Å². The van der Waals surface area contributed by atoms with Gasteiger partial charge >= 0.3 is 5.97 Å². The summed E-state index contributed by atoms with van der Waals surface area (Å²) < 4.78 is 26.5. The monoisotopic (exact) mass is 300 g/mol. The topological polar surface area (TPSA) is 116 Å². The largest absolute Gasteiger partial charge is 0.478 e. The van der Waals surface area contributed by atoms with Gasteiger partial charge in [-0.3, -0.25) is 0 Å². The standard InChI is InChI=1S/C12H16N2O5S/c15-6-5-13-20(18,19)11-7-8(12(16)17)1-4-10(11)14-9-2-3-9/h1,4,7,9,13-15H,2-3,5-6H2,(H,16,17). The second kappa shape index (κ2) is 5.78. The average Bonchev–Trinajstić information content (AvgIpc) is 3.20. The fourth-order valence-electron chi connectivity index (χ4n) is 1.70. The number of rotatable bonds is 7. The minimum Gasteiger partial charge on any atom is -0.478 e. The van der Waals surface area contributed by atoms with Crippen molar-refractivity contribution in [3.63, 3.8) is 0 Å². The number of benzene rings is 1. The molecule has 1 aromatic rings. The first-order valence-corrected chi connectivity index (χ1v) is 7.67. The van der Waals surface area contributed by atoms with Gasteiger partial charge in [-0.05, 0) is 31.0 Å². The van der Waals surface area contributed by atoms with Crippen LogP contribution in [0.5, 0.6) is 0 Å². The molecule has 0 bridgehead atoms. The van der Waals surface area contributed by atoms with Gasteiger partial charge in [0.2, 0.25) is 10.0 Å². The zero-order valence-corrected chi connectivity index (χ0v) is 11.5. The molecule has 1 aliphatic carbocycles. The van der Waals surface area contributed by atoms with Crippen molar-refractivity contribution in [1.29, 1.82) is 0 Å². The van der Waals surface area contributed by atoms with Gasteiger partial charge in [0, 0.05) is 12.6 Å². The third kappa shape index (κ3) is 3.47. The predicted octanol–water partition coefficient (Wildman–Crippen LogP) is 0.230. The van der Waals surface area contributed by atoms with Crippen LogP contribution in [0.1, 0.15) is 23.2 Å². The van der Waals surface area contributed by atoms with Crippen LogP contribution < -0.4 is 10.0 Å². The number of carbonyl (C=O) groups is 1. The van der Waals surface area contributed by atoms with Crippen LogP contribution in [0.2, 0.25) is 0 Å². The maximum Gasteiger partial charge on any atom is 0.335 e. The third-order valence-electron chi connectivity index (χ3n) is 2.86. The van der Waals surface area contributed by atoms with Crippen LogP contribution >= 0.6 is 0 Å². The number of nitrogens with one attached hydrogen (secondary N) is 2. The first kappa shape index (κ1) is 14.8. The molecule has 8 heteroatoms. The zero-order chi connectivity index (χ0) is 14.8.